The van der Waals surface area contributed by atoms with Crippen molar-refractivity contribution < 1.29 is 23.4 Å². The average molecular weight is 510 g/mol. The molecule has 0 bridgehead atoms. The number of aromatic nitrogens is 3. The lowest BCUT2D eigenvalue weighted by Crippen LogP contribution is -2.21. The fourth-order valence-electron chi connectivity index (χ4n) is 3.22. The average Bonchev–Trinajstić information content (AvgIpc) is 2.85. The highest BCUT2D eigenvalue weighted by Crippen LogP contribution is 2.32. The molecule has 0 aliphatic carbocycles. The number of nitrogens with one attached hydrogen (secondary N) is 1. The van der Waals surface area contributed by atoms with E-state index in [0.29, 0.717) is 37.4 Å². The molecular weight excluding hydrogens is 480 g/mol. The van der Waals surface area contributed by atoms with Crippen molar-refractivity contribution in [3.05, 3.63) is 46.4 Å². The Labute approximate surface area is 204 Å². The highest BCUT2D eigenvalue weighted by atomic mass is 32.2. The Morgan fingerprint density at radius 3 is 2.66 bits per heavy atom. The van der Waals surface area contributed by atoms with Gasteiger partial charge in [-0.05, 0) is 24.5 Å². The summed E-state index contributed by atoms with van der Waals surface area (Å²) in [6.07, 6.45) is 3.35. The zero-order valence-corrected chi connectivity index (χ0v) is 20.7. The van der Waals surface area contributed by atoms with Crippen molar-refractivity contribution in [2.75, 3.05) is 56.9 Å². The molecule has 9 nitrogen and oxygen atoms in total. The first-order valence-corrected chi connectivity index (χ1v) is 12.8. The minimum absolute atomic E-state index is 0.0224. The lowest BCUT2D eigenvalue weighted by molar-refractivity contribution is 0.0360. The van der Waals surface area contributed by atoms with Crippen LogP contribution in [0.1, 0.15) is 6.92 Å². The number of aryl methyl sites for hydroxylation is 1. The first-order valence-electron chi connectivity index (χ1n) is 11.1. The second kappa shape index (κ2) is 12.8. The van der Waals surface area contributed by atoms with Gasteiger partial charge in [-0.2, -0.15) is 4.98 Å². The Morgan fingerprint density at radius 2 is 1.94 bits per heavy atom. The molecule has 0 saturated heterocycles. The summed E-state index contributed by atoms with van der Waals surface area (Å²) in [6, 6.07) is 3.80. The maximum Gasteiger partial charge on any atom is 0.260 e. The van der Waals surface area contributed by atoms with E-state index in [2.05, 4.69) is 19.6 Å². The molecule has 2 heterocycles. The van der Waals surface area contributed by atoms with Gasteiger partial charge in [-0.25, -0.2) is 18.1 Å². The molecule has 190 valence electrons. The third kappa shape index (κ3) is 6.66. The number of nitrogens with zero attached hydrogens (tertiary/aromatic N) is 4. The first-order chi connectivity index (χ1) is 16.9. The van der Waals surface area contributed by atoms with Crippen LogP contribution in [0.3, 0.4) is 0 Å². The van der Waals surface area contributed by atoms with Crippen LogP contribution >= 0.6 is 0 Å². The van der Waals surface area contributed by atoms with Crippen LogP contribution in [0.15, 0.2) is 33.6 Å². The van der Waals surface area contributed by atoms with Crippen LogP contribution in [-0.2, 0) is 27.2 Å². The number of hydrogen-bond acceptors (Lipinski definition) is 8. The highest BCUT2D eigenvalue weighted by molar-refractivity contribution is 7.86. The molecular formula is C23H29F2N5O4S. The molecule has 0 aliphatic rings. The molecule has 0 amide bonds. The topological polar surface area (TPSA) is 111 Å². The van der Waals surface area contributed by atoms with Crippen LogP contribution < -0.4 is 10.9 Å². The van der Waals surface area contributed by atoms with E-state index in [1.807, 2.05) is 13.2 Å². The molecule has 0 radical (unpaired) electrons. The number of fused-ring (bicyclic) bond motifs is 1. The van der Waals surface area contributed by atoms with E-state index in [4.69, 9.17) is 14.6 Å². The van der Waals surface area contributed by atoms with Crippen molar-refractivity contribution in [2.24, 2.45) is 11.4 Å². The van der Waals surface area contributed by atoms with Crippen LogP contribution in [0.4, 0.5) is 20.4 Å². The summed E-state index contributed by atoms with van der Waals surface area (Å²) in [4.78, 5) is 21.7. The Kier molecular flexibility index (Phi) is 9.78. The summed E-state index contributed by atoms with van der Waals surface area (Å²) in [5.41, 5.74) is -0.786. The standard InChI is InChI=1S/C23H29F2N5O4S/c1-4-35(3)29-18-6-5-17(24)19(20(18)25)16-13-15-14-27-23(28-21(15)30(2)22(16)32)26-7-9-33-11-12-34-10-8-31/h5-6,13-14,31H,4,7-12H2,1-3H3,(H,26,27,28). The summed E-state index contributed by atoms with van der Waals surface area (Å²) in [5, 5.41) is 12.1. The van der Waals surface area contributed by atoms with Crippen molar-refractivity contribution in [3.8, 4) is 11.1 Å². The number of aliphatic hydroxyl groups excluding tert-OH is 1. The predicted octanol–water partition coefficient (Wildman–Crippen LogP) is 2.79. The molecule has 35 heavy (non-hydrogen) atoms. The Bertz CT molecular complexity index is 1270. The molecule has 3 aromatic rings. The van der Waals surface area contributed by atoms with Crippen molar-refractivity contribution in [2.45, 2.75) is 6.92 Å². The van der Waals surface area contributed by atoms with Gasteiger partial charge in [0, 0.05) is 30.9 Å². The molecule has 2 N–H and O–H groups in total. The van der Waals surface area contributed by atoms with Gasteiger partial charge < -0.3 is 19.9 Å². The van der Waals surface area contributed by atoms with Crippen LogP contribution in [0.2, 0.25) is 0 Å². The van der Waals surface area contributed by atoms with E-state index in [-0.39, 0.29) is 30.4 Å². The number of halogens is 2. The summed E-state index contributed by atoms with van der Waals surface area (Å²) < 4.78 is 46.0. The van der Waals surface area contributed by atoms with E-state index < -0.39 is 33.4 Å². The van der Waals surface area contributed by atoms with E-state index in [1.54, 1.807) is 0 Å². The van der Waals surface area contributed by atoms with Crippen LogP contribution in [0, 0.1) is 11.6 Å². The summed E-state index contributed by atoms with van der Waals surface area (Å²) in [7, 11) is 1.07. The van der Waals surface area contributed by atoms with Gasteiger partial charge in [-0.15, -0.1) is 0 Å². The summed E-state index contributed by atoms with van der Waals surface area (Å²) >= 11 is 0. The quantitative estimate of drug-likeness (QED) is 0.361. The van der Waals surface area contributed by atoms with Gasteiger partial charge in [0.1, 0.15) is 17.2 Å². The van der Waals surface area contributed by atoms with Crippen molar-refractivity contribution in [3.63, 3.8) is 0 Å². The smallest absolute Gasteiger partial charge is 0.260 e. The van der Waals surface area contributed by atoms with Crippen LogP contribution in [-0.4, -0.2) is 71.2 Å². The molecule has 2 aromatic heterocycles. The lowest BCUT2D eigenvalue weighted by Gasteiger charge is -2.12. The number of benzene rings is 1. The van der Waals surface area contributed by atoms with Gasteiger partial charge in [0.05, 0.1) is 44.2 Å². The monoisotopic (exact) mass is 509 g/mol. The van der Waals surface area contributed by atoms with E-state index >= 15 is 4.39 Å². The molecule has 1 aromatic carbocycles. The number of aliphatic hydroxyl groups is 1. The third-order valence-electron chi connectivity index (χ3n) is 5.10. The Balaban J connectivity index is 1.84. The molecule has 12 heteroatoms. The van der Waals surface area contributed by atoms with Gasteiger partial charge in [-0.3, -0.25) is 9.36 Å². The second-order valence-electron chi connectivity index (χ2n) is 7.51. The Morgan fingerprint density at radius 1 is 1.20 bits per heavy atom. The first kappa shape index (κ1) is 26.8. The number of hydrogen-bond donors (Lipinski definition) is 2. The minimum atomic E-state index is -0.866. The zero-order valence-electron chi connectivity index (χ0n) is 19.9. The van der Waals surface area contributed by atoms with Crippen LogP contribution in [0.5, 0.6) is 0 Å². The molecule has 0 fully saturated rings. The maximum atomic E-state index is 15.2. The predicted molar refractivity (Wildman–Crippen MR) is 133 cm³/mol. The number of rotatable bonds is 12. The highest BCUT2D eigenvalue weighted by Gasteiger charge is 2.20. The van der Waals surface area contributed by atoms with Crippen molar-refractivity contribution in [1.82, 2.24) is 14.5 Å². The SMILES string of the molecule is CCS(C)=Nc1ccc(F)c(-c2cc3cnc(NCCOCCOCCO)nc3n(C)c2=O)c1F. The van der Waals surface area contributed by atoms with Gasteiger partial charge in [0.15, 0.2) is 5.82 Å². The molecule has 3 rings (SSSR count). The molecule has 0 aliphatic heterocycles. The zero-order chi connectivity index (χ0) is 25.4. The molecule has 0 spiro atoms. The normalized spacial score (nSPS) is 12.4. The van der Waals surface area contributed by atoms with Crippen molar-refractivity contribution >= 4 is 33.4 Å². The summed E-state index contributed by atoms with van der Waals surface area (Å²) in [6.45, 7) is 3.73. The fraction of sp³-hybridized carbons (Fsp3) is 0.435. The van der Waals surface area contributed by atoms with E-state index in [0.717, 1.165) is 11.8 Å². The van der Waals surface area contributed by atoms with Gasteiger partial charge in [0.2, 0.25) is 5.95 Å². The molecule has 1 unspecified atom stereocenters. The van der Waals surface area contributed by atoms with Crippen LogP contribution in [0.25, 0.3) is 22.2 Å². The molecule has 0 saturated carbocycles. The Hall–Kier alpha value is -2.80. The maximum absolute atomic E-state index is 15.2. The number of anilines is 1. The third-order valence-corrected chi connectivity index (χ3v) is 6.44. The molecule has 1 atom stereocenters. The van der Waals surface area contributed by atoms with Crippen molar-refractivity contribution in [1.29, 1.82) is 0 Å². The summed E-state index contributed by atoms with van der Waals surface area (Å²) in [5.74, 6) is -0.697. The largest absolute Gasteiger partial charge is 0.394 e. The second-order valence-corrected chi connectivity index (χ2v) is 9.47. The van der Waals surface area contributed by atoms with Gasteiger partial charge in [-0.1, -0.05) is 17.6 Å². The van der Waals surface area contributed by atoms with Gasteiger partial charge >= 0.3 is 0 Å². The number of pyridine rings is 1. The number of ether oxygens (including phenoxy) is 2. The van der Waals surface area contributed by atoms with E-state index in [9.17, 15) is 9.18 Å². The lowest BCUT2D eigenvalue weighted by atomic mass is 10.0. The minimum Gasteiger partial charge on any atom is -0.394 e. The fourth-order valence-corrected chi connectivity index (χ4v) is 3.83. The van der Waals surface area contributed by atoms with E-state index in [1.165, 1.54) is 29.9 Å². The van der Waals surface area contributed by atoms with Gasteiger partial charge in [0.25, 0.3) is 5.56 Å².